The van der Waals surface area contributed by atoms with E-state index in [4.69, 9.17) is 5.84 Å². The Hall–Kier alpha value is -1.36. The standard InChI is InChI=1S/C15H27N5/c1-10(2)13-14(17-9-18-15(13)20-16)19-12-8-6-4-5-7-11(12)3/h9-12H,4-8,16H2,1-3H3,(H2,17,18,19,20). The monoisotopic (exact) mass is 277 g/mol. The maximum absolute atomic E-state index is 5.57. The normalized spacial score (nSPS) is 23.4. The first-order valence-electron chi connectivity index (χ1n) is 7.71. The Balaban J connectivity index is 2.23. The first-order valence-corrected chi connectivity index (χ1v) is 7.71. The number of aromatic nitrogens is 2. The molecule has 0 bridgehead atoms. The summed E-state index contributed by atoms with van der Waals surface area (Å²) in [4.78, 5) is 8.67. The van der Waals surface area contributed by atoms with Crippen molar-refractivity contribution in [1.29, 1.82) is 0 Å². The van der Waals surface area contributed by atoms with E-state index in [1.165, 1.54) is 32.1 Å². The summed E-state index contributed by atoms with van der Waals surface area (Å²) in [6.45, 7) is 6.61. The zero-order valence-corrected chi connectivity index (χ0v) is 12.8. The molecule has 0 saturated heterocycles. The number of nitrogens with one attached hydrogen (secondary N) is 2. The van der Waals surface area contributed by atoms with Gasteiger partial charge in [-0.1, -0.05) is 40.0 Å². The van der Waals surface area contributed by atoms with E-state index in [2.05, 4.69) is 41.5 Å². The number of hydrogen-bond acceptors (Lipinski definition) is 5. The molecule has 0 spiro atoms. The van der Waals surface area contributed by atoms with Crippen LogP contribution in [0, 0.1) is 5.92 Å². The van der Waals surface area contributed by atoms with Gasteiger partial charge >= 0.3 is 0 Å². The molecule has 112 valence electrons. The van der Waals surface area contributed by atoms with Crippen LogP contribution >= 0.6 is 0 Å². The van der Waals surface area contributed by atoms with Crippen LogP contribution in [0.3, 0.4) is 0 Å². The molecule has 1 saturated carbocycles. The van der Waals surface area contributed by atoms with E-state index in [1.54, 1.807) is 6.33 Å². The van der Waals surface area contributed by atoms with E-state index >= 15 is 0 Å². The van der Waals surface area contributed by atoms with Gasteiger partial charge in [0.15, 0.2) is 0 Å². The fraction of sp³-hybridized carbons (Fsp3) is 0.733. The molecule has 5 nitrogen and oxygen atoms in total. The fourth-order valence-electron chi connectivity index (χ4n) is 3.06. The van der Waals surface area contributed by atoms with Crippen LogP contribution in [-0.2, 0) is 0 Å². The largest absolute Gasteiger partial charge is 0.367 e. The first kappa shape index (κ1) is 15.0. The molecule has 2 atom stereocenters. The van der Waals surface area contributed by atoms with Crippen molar-refractivity contribution in [2.75, 3.05) is 10.7 Å². The van der Waals surface area contributed by atoms with E-state index in [9.17, 15) is 0 Å². The van der Waals surface area contributed by atoms with Crippen molar-refractivity contribution in [2.24, 2.45) is 11.8 Å². The van der Waals surface area contributed by atoms with E-state index in [0.29, 0.717) is 17.9 Å². The summed E-state index contributed by atoms with van der Waals surface area (Å²) in [5.41, 5.74) is 3.76. The van der Waals surface area contributed by atoms with Crippen LogP contribution in [0.25, 0.3) is 0 Å². The van der Waals surface area contributed by atoms with Gasteiger partial charge < -0.3 is 10.7 Å². The maximum Gasteiger partial charge on any atom is 0.148 e. The summed E-state index contributed by atoms with van der Waals surface area (Å²) in [5, 5.41) is 3.65. The number of nitrogen functional groups attached to an aromatic ring is 1. The maximum atomic E-state index is 5.57. The van der Waals surface area contributed by atoms with Gasteiger partial charge in [-0.05, 0) is 24.7 Å². The van der Waals surface area contributed by atoms with Crippen molar-refractivity contribution in [3.63, 3.8) is 0 Å². The van der Waals surface area contributed by atoms with Gasteiger partial charge in [-0.2, -0.15) is 0 Å². The molecule has 5 heteroatoms. The molecule has 1 aliphatic rings. The van der Waals surface area contributed by atoms with E-state index in [1.807, 2.05) is 0 Å². The van der Waals surface area contributed by atoms with Crippen molar-refractivity contribution in [1.82, 2.24) is 9.97 Å². The molecule has 1 aliphatic carbocycles. The highest BCUT2D eigenvalue weighted by Gasteiger charge is 2.22. The van der Waals surface area contributed by atoms with Crippen LogP contribution in [0.2, 0.25) is 0 Å². The van der Waals surface area contributed by atoms with Gasteiger partial charge in [-0.25, -0.2) is 15.8 Å². The molecular formula is C15H27N5. The number of nitrogens with zero attached hydrogens (tertiary/aromatic N) is 2. The van der Waals surface area contributed by atoms with Crippen LogP contribution in [0.15, 0.2) is 6.33 Å². The lowest BCUT2D eigenvalue weighted by Crippen LogP contribution is -2.28. The second kappa shape index (κ2) is 6.88. The third kappa shape index (κ3) is 3.39. The molecule has 1 aromatic heterocycles. The van der Waals surface area contributed by atoms with Gasteiger partial charge in [0.2, 0.25) is 0 Å². The lowest BCUT2D eigenvalue weighted by Gasteiger charge is -2.26. The molecule has 4 N–H and O–H groups in total. The summed E-state index contributed by atoms with van der Waals surface area (Å²) in [7, 11) is 0. The lowest BCUT2D eigenvalue weighted by atomic mass is 9.96. The number of nitrogens with two attached hydrogens (primary N) is 1. The van der Waals surface area contributed by atoms with Crippen LogP contribution in [-0.4, -0.2) is 16.0 Å². The zero-order chi connectivity index (χ0) is 14.5. The van der Waals surface area contributed by atoms with Crippen LogP contribution < -0.4 is 16.6 Å². The molecular weight excluding hydrogens is 250 g/mol. The predicted molar refractivity (Wildman–Crippen MR) is 83.6 cm³/mol. The molecule has 1 fully saturated rings. The van der Waals surface area contributed by atoms with E-state index < -0.39 is 0 Å². The molecule has 2 rings (SSSR count). The van der Waals surface area contributed by atoms with Crippen molar-refractivity contribution in [2.45, 2.75) is 64.8 Å². The second-order valence-corrected chi connectivity index (χ2v) is 6.15. The van der Waals surface area contributed by atoms with Gasteiger partial charge in [0.1, 0.15) is 18.0 Å². The summed E-state index contributed by atoms with van der Waals surface area (Å²) in [5.74, 6) is 8.23. The number of hydrogen-bond donors (Lipinski definition) is 3. The summed E-state index contributed by atoms with van der Waals surface area (Å²) >= 11 is 0. The zero-order valence-electron chi connectivity index (χ0n) is 12.8. The van der Waals surface area contributed by atoms with Crippen LogP contribution in [0.1, 0.15) is 64.4 Å². The van der Waals surface area contributed by atoms with E-state index in [-0.39, 0.29) is 0 Å². The minimum absolute atomic E-state index is 0.325. The SMILES string of the molecule is CC(C)c1c(NN)ncnc1NC1CCCCCC1C. The number of anilines is 2. The highest BCUT2D eigenvalue weighted by molar-refractivity contribution is 5.58. The molecule has 0 radical (unpaired) electrons. The fourth-order valence-corrected chi connectivity index (χ4v) is 3.06. The predicted octanol–water partition coefficient (Wildman–Crippen LogP) is 3.27. The molecule has 1 aromatic rings. The first-order chi connectivity index (χ1) is 9.63. The Morgan fingerprint density at radius 3 is 2.55 bits per heavy atom. The highest BCUT2D eigenvalue weighted by Crippen LogP contribution is 2.31. The summed E-state index contributed by atoms with van der Waals surface area (Å²) < 4.78 is 0. The Morgan fingerprint density at radius 1 is 1.15 bits per heavy atom. The van der Waals surface area contributed by atoms with Gasteiger partial charge in [0.05, 0.1) is 0 Å². The van der Waals surface area contributed by atoms with Gasteiger partial charge in [-0.15, -0.1) is 0 Å². The number of rotatable bonds is 4. The van der Waals surface area contributed by atoms with Gasteiger partial charge in [0.25, 0.3) is 0 Å². The third-order valence-electron chi connectivity index (χ3n) is 4.28. The van der Waals surface area contributed by atoms with Crippen LogP contribution in [0.5, 0.6) is 0 Å². The van der Waals surface area contributed by atoms with Crippen molar-refractivity contribution in [3.05, 3.63) is 11.9 Å². The average Bonchev–Trinajstić information content (AvgIpc) is 2.63. The molecule has 0 aromatic carbocycles. The number of hydrazine groups is 1. The molecule has 2 unspecified atom stereocenters. The summed E-state index contributed by atoms with van der Waals surface area (Å²) in [6, 6.07) is 0.496. The van der Waals surface area contributed by atoms with Crippen molar-refractivity contribution >= 4 is 11.6 Å². The molecule has 0 aliphatic heterocycles. The minimum Gasteiger partial charge on any atom is -0.367 e. The third-order valence-corrected chi connectivity index (χ3v) is 4.28. The Bertz CT molecular complexity index is 432. The Labute approximate surface area is 121 Å². The van der Waals surface area contributed by atoms with Crippen molar-refractivity contribution in [3.8, 4) is 0 Å². The minimum atomic E-state index is 0.325. The Morgan fingerprint density at radius 2 is 1.85 bits per heavy atom. The lowest BCUT2D eigenvalue weighted by molar-refractivity contribution is 0.455. The van der Waals surface area contributed by atoms with Crippen LogP contribution in [0.4, 0.5) is 11.6 Å². The molecule has 0 amide bonds. The topological polar surface area (TPSA) is 75.9 Å². The molecule has 1 heterocycles. The second-order valence-electron chi connectivity index (χ2n) is 6.15. The van der Waals surface area contributed by atoms with Gasteiger partial charge in [0, 0.05) is 11.6 Å². The smallest absolute Gasteiger partial charge is 0.148 e. The molecule has 20 heavy (non-hydrogen) atoms. The van der Waals surface area contributed by atoms with Crippen molar-refractivity contribution < 1.29 is 0 Å². The summed E-state index contributed by atoms with van der Waals surface area (Å²) in [6.07, 6.45) is 8.07. The quantitative estimate of drug-likeness (QED) is 0.447. The average molecular weight is 277 g/mol. The highest BCUT2D eigenvalue weighted by atomic mass is 15.3. The van der Waals surface area contributed by atoms with E-state index in [0.717, 1.165) is 17.2 Å². The van der Waals surface area contributed by atoms with Gasteiger partial charge in [-0.3, -0.25) is 0 Å². The Kier molecular flexibility index (Phi) is 5.17.